The zero-order chi connectivity index (χ0) is 14.4. The Kier molecular flexibility index (Phi) is 5.69. The molecule has 1 aromatic carbocycles. The molecular weight excluding hydrogens is 266 g/mol. The van der Waals surface area contributed by atoms with E-state index in [0.29, 0.717) is 6.42 Å². The standard InChI is InChI=1S/C13H17NO4S/c1-9(12(14)15)19(18)11(13(16)17)8-7-10-5-3-2-4-6-10/h2-6,9,11H,7-8H2,1H3,(H2,14,15)(H,16,17). The van der Waals surface area contributed by atoms with Crippen molar-refractivity contribution in [1.29, 1.82) is 0 Å². The number of primary amides is 1. The molecule has 0 heterocycles. The summed E-state index contributed by atoms with van der Waals surface area (Å²) in [6, 6.07) is 9.33. The number of rotatable bonds is 7. The molecule has 3 N–H and O–H groups in total. The van der Waals surface area contributed by atoms with Gasteiger partial charge < -0.3 is 10.8 Å². The van der Waals surface area contributed by atoms with Crippen molar-refractivity contribution in [2.45, 2.75) is 30.3 Å². The summed E-state index contributed by atoms with van der Waals surface area (Å²) in [5.74, 6) is -1.91. The van der Waals surface area contributed by atoms with Gasteiger partial charge in [-0.05, 0) is 25.3 Å². The van der Waals surface area contributed by atoms with Crippen LogP contribution in [0.25, 0.3) is 0 Å². The van der Waals surface area contributed by atoms with Crippen LogP contribution >= 0.6 is 0 Å². The van der Waals surface area contributed by atoms with Gasteiger partial charge >= 0.3 is 5.97 Å². The number of carbonyl (C=O) groups is 2. The van der Waals surface area contributed by atoms with Gasteiger partial charge in [0, 0.05) is 10.8 Å². The maximum Gasteiger partial charge on any atom is 0.319 e. The minimum atomic E-state index is -1.81. The van der Waals surface area contributed by atoms with Crippen LogP contribution in [0.2, 0.25) is 0 Å². The average molecular weight is 283 g/mol. The first-order valence-electron chi connectivity index (χ1n) is 5.89. The van der Waals surface area contributed by atoms with Crippen molar-refractivity contribution >= 4 is 22.7 Å². The van der Waals surface area contributed by atoms with E-state index in [9.17, 15) is 13.8 Å². The number of benzene rings is 1. The molecule has 0 fully saturated rings. The van der Waals surface area contributed by atoms with Crippen LogP contribution in [-0.2, 0) is 26.8 Å². The minimum Gasteiger partial charge on any atom is -0.480 e. The number of nitrogens with two attached hydrogens (primary N) is 1. The Hall–Kier alpha value is -1.69. The molecule has 0 spiro atoms. The number of carboxylic acids is 1. The molecule has 1 amide bonds. The van der Waals surface area contributed by atoms with E-state index in [-0.39, 0.29) is 6.42 Å². The van der Waals surface area contributed by atoms with Crippen molar-refractivity contribution in [3.05, 3.63) is 35.9 Å². The summed E-state index contributed by atoms with van der Waals surface area (Å²) in [6.07, 6.45) is 0.707. The van der Waals surface area contributed by atoms with Gasteiger partial charge in [-0.2, -0.15) is 0 Å². The number of carbonyl (C=O) groups excluding carboxylic acids is 1. The van der Waals surface area contributed by atoms with Crippen LogP contribution in [0.4, 0.5) is 0 Å². The predicted octanol–water partition coefficient (Wildman–Crippen LogP) is 0.695. The van der Waals surface area contributed by atoms with Crippen molar-refractivity contribution < 1.29 is 18.9 Å². The molecule has 0 saturated heterocycles. The third-order valence-corrected chi connectivity index (χ3v) is 4.77. The first-order chi connectivity index (χ1) is 8.93. The van der Waals surface area contributed by atoms with Gasteiger partial charge in [-0.15, -0.1) is 0 Å². The summed E-state index contributed by atoms with van der Waals surface area (Å²) in [6.45, 7) is 1.39. The number of carboxylic acid groups (broad SMARTS) is 1. The second kappa shape index (κ2) is 7.04. The third kappa shape index (κ3) is 4.48. The molecule has 0 bridgehead atoms. The monoisotopic (exact) mass is 283 g/mol. The molecule has 3 atom stereocenters. The summed E-state index contributed by atoms with van der Waals surface area (Å²) < 4.78 is 12.0. The summed E-state index contributed by atoms with van der Waals surface area (Å²) in [5.41, 5.74) is 6.03. The number of amides is 1. The van der Waals surface area contributed by atoms with Gasteiger partial charge in [0.1, 0.15) is 10.5 Å². The highest BCUT2D eigenvalue weighted by Gasteiger charge is 2.30. The summed E-state index contributed by atoms with van der Waals surface area (Å²) in [4.78, 5) is 22.1. The zero-order valence-electron chi connectivity index (χ0n) is 10.6. The van der Waals surface area contributed by atoms with Gasteiger partial charge in [-0.25, -0.2) is 0 Å². The maximum atomic E-state index is 12.0. The Morgan fingerprint density at radius 3 is 2.37 bits per heavy atom. The Morgan fingerprint density at radius 2 is 1.89 bits per heavy atom. The highest BCUT2D eigenvalue weighted by Crippen LogP contribution is 2.13. The van der Waals surface area contributed by atoms with Gasteiger partial charge in [-0.1, -0.05) is 30.3 Å². The molecule has 1 rings (SSSR count). The highest BCUT2D eigenvalue weighted by atomic mass is 32.2. The fourth-order valence-corrected chi connectivity index (χ4v) is 2.91. The van der Waals surface area contributed by atoms with Crippen molar-refractivity contribution in [2.24, 2.45) is 5.73 Å². The quantitative estimate of drug-likeness (QED) is 0.769. The van der Waals surface area contributed by atoms with Crippen LogP contribution in [0.1, 0.15) is 18.9 Å². The lowest BCUT2D eigenvalue weighted by molar-refractivity contribution is -0.136. The van der Waals surface area contributed by atoms with E-state index in [0.717, 1.165) is 5.56 Å². The fraction of sp³-hybridized carbons (Fsp3) is 0.385. The van der Waals surface area contributed by atoms with E-state index < -0.39 is 33.2 Å². The van der Waals surface area contributed by atoms with Gasteiger partial charge in [-0.3, -0.25) is 13.8 Å². The van der Waals surface area contributed by atoms with E-state index in [4.69, 9.17) is 10.8 Å². The van der Waals surface area contributed by atoms with Gasteiger partial charge in [0.15, 0.2) is 0 Å². The van der Waals surface area contributed by atoms with E-state index in [1.807, 2.05) is 30.3 Å². The molecule has 0 aliphatic rings. The van der Waals surface area contributed by atoms with Gasteiger partial charge in [0.25, 0.3) is 0 Å². The third-order valence-electron chi connectivity index (χ3n) is 2.84. The zero-order valence-corrected chi connectivity index (χ0v) is 11.4. The molecule has 1 aromatic rings. The summed E-state index contributed by atoms with van der Waals surface area (Å²) in [7, 11) is -1.81. The summed E-state index contributed by atoms with van der Waals surface area (Å²) >= 11 is 0. The number of aliphatic carboxylic acids is 1. The second-order valence-corrected chi connectivity index (χ2v) is 6.16. The Morgan fingerprint density at radius 1 is 1.32 bits per heavy atom. The van der Waals surface area contributed by atoms with Crippen LogP contribution < -0.4 is 5.73 Å². The van der Waals surface area contributed by atoms with Gasteiger partial charge in [0.05, 0.1) is 0 Å². The molecular formula is C13H17NO4S. The maximum absolute atomic E-state index is 12.0. The molecule has 5 nitrogen and oxygen atoms in total. The van der Waals surface area contributed by atoms with E-state index in [1.165, 1.54) is 6.92 Å². The SMILES string of the molecule is CC(C(N)=O)S(=O)C(CCc1ccccc1)C(=O)O. The lowest BCUT2D eigenvalue weighted by Crippen LogP contribution is -2.38. The first-order valence-corrected chi connectivity index (χ1v) is 7.16. The Bertz CT molecular complexity index is 475. The van der Waals surface area contributed by atoms with Crippen LogP contribution in [-0.4, -0.2) is 31.7 Å². The van der Waals surface area contributed by atoms with Crippen molar-refractivity contribution in [3.8, 4) is 0 Å². The van der Waals surface area contributed by atoms with Crippen LogP contribution in [0.3, 0.4) is 0 Å². The highest BCUT2D eigenvalue weighted by molar-refractivity contribution is 7.87. The number of hydrogen-bond acceptors (Lipinski definition) is 3. The minimum absolute atomic E-state index is 0.212. The molecule has 0 radical (unpaired) electrons. The topological polar surface area (TPSA) is 97.5 Å². The lowest BCUT2D eigenvalue weighted by Gasteiger charge is -2.15. The predicted molar refractivity (Wildman–Crippen MR) is 73.0 cm³/mol. The number of aryl methyl sites for hydroxylation is 1. The fourth-order valence-electron chi connectivity index (χ4n) is 1.64. The van der Waals surface area contributed by atoms with Crippen molar-refractivity contribution in [1.82, 2.24) is 0 Å². The molecule has 104 valence electrons. The molecule has 0 saturated carbocycles. The normalized spacial score (nSPS) is 15.4. The Balaban J connectivity index is 2.71. The second-order valence-electron chi connectivity index (χ2n) is 4.22. The Labute approximate surface area is 114 Å². The number of hydrogen-bond donors (Lipinski definition) is 2. The first kappa shape index (κ1) is 15.4. The van der Waals surface area contributed by atoms with Crippen LogP contribution in [0.5, 0.6) is 0 Å². The molecule has 0 aliphatic carbocycles. The average Bonchev–Trinajstić information content (AvgIpc) is 2.38. The molecule has 0 aliphatic heterocycles. The van der Waals surface area contributed by atoms with Crippen molar-refractivity contribution in [2.75, 3.05) is 0 Å². The van der Waals surface area contributed by atoms with E-state index in [2.05, 4.69) is 0 Å². The van der Waals surface area contributed by atoms with E-state index >= 15 is 0 Å². The van der Waals surface area contributed by atoms with E-state index in [1.54, 1.807) is 0 Å². The largest absolute Gasteiger partial charge is 0.480 e. The molecule has 19 heavy (non-hydrogen) atoms. The molecule has 6 heteroatoms. The van der Waals surface area contributed by atoms with Crippen LogP contribution in [0.15, 0.2) is 30.3 Å². The van der Waals surface area contributed by atoms with Crippen LogP contribution in [0, 0.1) is 0 Å². The summed E-state index contributed by atoms with van der Waals surface area (Å²) in [5, 5.41) is 7.07. The lowest BCUT2D eigenvalue weighted by atomic mass is 10.1. The van der Waals surface area contributed by atoms with Crippen molar-refractivity contribution in [3.63, 3.8) is 0 Å². The molecule has 3 unspecified atom stereocenters. The smallest absolute Gasteiger partial charge is 0.319 e. The van der Waals surface area contributed by atoms with Gasteiger partial charge in [0.2, 0.25) is 5.91 Å². The molecule has 0 aromatic heterocycles.